The number of amides is 1. The lowest BCUT2D eigenvalue weighted by Crippen LogP contribution is -2.39. The summed E-state index contributed by atoms with van der Waals surface area (Å²) in [6.45, 7) is -3.03. The molecule has 0 spiro atoms. The molecular formula is C11H12Cl2F2N2O3. The predicted octanol–water partition coefficient (Wildman–Crippen LogP) is 2.51. The number of hydrogen-bond donors (Lipinski definition) is 2. The van der Waals surface area contributed by atoms with Crippen molar-refractivity contribution in [2.45, 2.75) is 12.7 Å². The molecule has 1 unspecified atom stereocenters. The summed E-state index contributed by atoms with van der Waals surface area (Å²) in [6, 6.07) is 1.57. The van der Waals surface area contributed by atoms with Gasteiger partial charge in [0.1, 0.15) is 6.04 Å². The SMILES string of the molecule is COCC(N)C(=O)Nc1cc(Cl)c(OC(F)F)c(Cl)c1. The van der Waals surface area contributed by atoms with Crippen molar-refractivity contribution in [3.05, 3.63) is 22.2 Å². The number of alkyl halides is 2. The highest BCUT2D eigenvalue weighted by Crippen LogP contribution is 2.36. The van der Waals surface area contributed by atoms with Gasteiger partial charge >= 0.3 is 6.61 Å². The Morgan fingerprint density at radius 2 is 1.95 bits per heavy atom. The number of ether oxygens (including phenoxy) is 2. The van der Waals surface area contributed by atoms with Crippen LogP contribution in [0.3, 0.4) is 0 Å². The number of rotatable bonds is 6. The van der Waals surface area contributed by atoms with E-state index in [-0.39, 0.29) is 28.1 Å². The second-order valence-corrected chi connectivity index (χ2v) is 4.51. The molecular weight excluding hydrogens is 317 g/mol. The molecule has 0 aliphatic heterocycles. The van der Waals surface area contributed by atoms with Gasteiger partial charge in [-0.3, -0.25) is 4.79 Å². The van der Waals surface area contributed by atoms with Gasteiger partial charge in [-0.05, 0) is 12.1 Å². The molecule has 0 saturated carbocycles. The van der Waals surface area contributed by atoms with Gasteiger partial charge < -0.3 is 20.5 Å². The first kappa shape index (κ1) is 16.9. The van der Waals surface area contributed by atoms with Crippen molar-refractivity contribution < 1.29 is 23.0 Å². The van der Waals surface area contributed by atoms with E-state index in [0.717, 1.165) is 0 Å². The monoisotopic (exact) mass is 328 g/mol. The Morgan fingerprint density at radius 3 is 2.40 bits per heavy atom. The van der Waals surface area contributed by atoms with Crippen LogP contribution in [0, 0.1) is 0 Å². The summed E-state index contributed by atoms with van der Waals surface area (Å²) in [5.74, 6) is -0.885. The summed E-state index contributed by atoms with van der Waals surface area (Å²) in [5.41, 5.74) is 5.73. The average molecular weight is 329 g/mol. The summed E-state index contributed by atoms with van der Waals surface area (Å²) >= 11 is 11.5. The Kier molecular flexibility index (Phi) is 6.41. The standard InChI is InChI=1S/C11H12Cl2F2N2O3/c1-19-4-8(16)10(18)17-5-2-6(12)9(7(13)3-5)20-11(14)15/h2-3,8,11H,4,16H2,1H3,(H,17,18). The first-order valence-electron chi connectivity index (χ1n) is 5.34. The van der Waals surface area contributed by atoms with Crippen LogP contribution < -0.4 is 15.8 Å². The van der Waals surface area contributed by atoms with Gasteiger partial charge in [0.15, 0.2) is 5.75 Å². The van der Waals surface area contributed by atoms with E-state index in [1.54, 1.807) is 0 Å². The van der Waals surface area contributed by atoms with E-state index >= 15 is 0 Å². The first-order valence-corrected chi connectivity index (χ1v) is 6.10. The lowest BCUT2D eigenvalue weighted by Gasteiger charge is -2.14. The summed E-state index contributed by atoms with van der Waals surface area (Å²) in [7, 11) is 1.40. The number of nitrogens with two attached hydrogens (primary N) is 1. The molecule has 20 heavy (non-hydrogen) atoms. The van der Waals surface area contributed by atoms with E-state index in [0.29, 0.717) is 0 Å². The van der Waals surface area contributed by atoms with E-state index in [1.807, 2.05) is 0 Å². The van der Waals surface area contributed by atoms with Crippen LogP contribution in [0.2, 0.25) is 10.0 Å². The molecule has 1 amide bonds. The van der Waals surface area contributed by atoms with Crippen molar-refractivity contribution in [1.29, 1.82) is 0 Å². The molecule has 0 aromatic heterocycles. The Hall–Kier alpha value is -1.15. The molecule has 1 aromatic rings. The number of benzene rings is 1. The number of methoxy groups -OCH3 is 1. The molecule has 3 N–H and O–H groups in total. The number of carbonyl (C=O) groups excluding carboxylic acids is 1. The van der Waals surface area contributed by atoms with E-state index in [2.05, 4.69) is 10.1 Å². The Bertz CT molecular complexity index is 466. The maximum absolute atomic E-state index is 12.1. The molecule has 112 valence electrons. The highest BCUT2D eigenvalue weighted by molar-refractivity contribution is 6.37. The quantitative estimate of drug-likeness (QED) is 0.841. The van der Waals surface area contributed by atoms with Gasteiger partial charge in [0, 0.05) is 12.8 Å². The molecule has 0 heterocycles. The van der Waals surface area contributed by atoms with Gasteiger partial charge in [0.25, 0.3) is 0 Å². The second-order valence-electron chi connectivity index (χ2n) is 3.70. The number of hydrogen-bond acceptors (Lipinski definition) is 4. The van der Waals surface area contributed by atoms with E-state index in [1.165, 1.54) is 19.2 Å². The Balaban J connectivity index is 2.86. The van der Waals surface area contributed by atoms with E-state index in [4.69, 9.17) is 33.7 Å². The molecule has 1 atom stereocenters. The minimum Gasteiger partial charge on any atom is -0.432 e. The van der Waals surface area contributed by atoms with Crippen molar-refractivity contribution in [2.75, 3.05) is 19.0 Å². The highest BCUT2D eigenvalue weighted by atomic mass is 35.5. The second kappa shape index (κ2) is 7.58. The maximum atomic E-state index is 12.1. The zero-order valence-corrected chi connectivity index (χ0v) is 11.8. The van der Waals surface area contributed by atoms with Crippen molar-refractivity contribution in [1.82, 2.24) is 0 Å². The average Bonchev–Trinajstić information content (AvgIpc) is 2.34. The predicted molar refractivity (Wildman–Crippen MR) is 71.6 cm³/mol. The van der Waals surface area contributed by atoms with Crippen molar-refractivity contribution in [2.24, 2.45) is 5.73 Å². The number of carbonyl (C=O) groups is 1. The third kappa shape index (κ3) is 4.75. The van der Waals surface area contributed by atoms with Crippen LogP contribution in [-0.4, -0.2) is 32.3 Å². The van der Waals surface area contributed by atoms with Crippen LogP contribution in [0.15, 0.2) is 12.1 Å². The smallest absolute Gasteiger partial charge is 0.387 e. The summed E-state index contributed by atoms with van der Waals surface area (Å²) in [5, 5.41) is 2.12. The third-order valence-corrected chi connectivity index (χ3v) is 2.72. The van der Waals surface area contributed by atoms with Gasteiger partial charge in [-0.1, -0.05) is 23.2 Å². The van der Waals surface area contributed by atoms with Crippen LogP contribution in [0.5, 0.6) is 5.75 Å². The topological polar surface area (TPSA) is 73.6 Å². The van der Waals surface area contributed by atoms with Crippen molar-refractivity contribution in [3.8, 4) is 5.75 Å². The van der Waals surface area contributed by atoms with Crippen LogP contribution in [-0.2, 0) is 9.53 Å². The van der Waals surface area contributed by atoms with Crippen LogP contribution in [0.4, 0.5) is 14.5 Å². The van der Waals surface area contributed by atoms with Gasteiger partial charge in [-0.25, -0.2) is 0 Å². The molecule has 1 rings (SSSR count). The fourth-order valence-corrected chi connectivity index (χ4v) is 1.90. The largest absolute Gasteiger partial charge is 0.432 e. The minimum absolute atomic E-state index is 0.0277. The van der Waals surface area contributed by atoms with Gasteiger partial charge in [-0.15, -0.1) is 0 Å². The Morgan fingerprint density at radius 1 is 1.40 bits per heavy atom. The number of anilines is 1. The molecule has 9 heteroatoms. The number of halogens is 4. The van der Waals surface area contributed by atoms with Gasteiger partial charge in [-0.2, -0.15) is 8.78 Å². The van der Waals surface area contributed by atoms with Crippen molar-refractivity contribution in [3.63, 3.8) is 0 Å². The summed E-state index contributed by atoms with van der Waals surface area (Å²) < 4.78 is 33.2. The van der Waals surface area contributed by atoms with Crippen LogP contribution >= 0.6 is 23.2 Å². The maximum Gasteiger partial charge on any atom is 0.387 e. The molecule has 0 aliphatic rings. The van der Waals surface area contributed by atoms with E-state index in [9.17, 15) is 13.6 Å². The highest BCUT2D eigenvalue weighted by Gasteiger charge is 2.17. The zero-order chi connectivity index (χ0) is 15.3. The van der Waals surface area contributed by atoms with Crippen molar-refractivity contribution >= 4 is 34.8 Å². The normalized spacial score (nSPS) is 12.3. The molecule has 0 radical (unpaired) electrons. The molecule has 1 aromatic carbocycles. The fraction of sp³-hybridized carbons (Fsp3) is 0.364. The molecule has 0 fully saturated rings. The summed E-state index contributed by atoms with van der Waals surface area (Å²) in [6.07, 6.45) is 0. The first-order chi connectivity index (χ1) is 9.35. The summed E-state index contributed by atoms with van der Waals surface area (Å²) in [4.78, 5) is 11.6. The van der Waals surface area contributed by atoms with Crippen LogP contribution in [0.25, 0.3) is 0 Å². The Labute approximate surface area is 123 Å². The molecule has 5 nitrogen and oxygen atoms in total. The number of nitrogens with one attached hydrogen (secondary N) is 1. The van der Waals surface area contributed by atoms with E-state index < -0.39 is 18.6 Å². The van der Waals surface area contributed by atoms with Crippen LogP contribution in [0.1, 0.15) is 0 Å². The fourth-order valence-electron chi connectivity index (χ4n) is 1.32. The lowest BCUT2D eigenvalue weighted by atomic mass is 10.2. The molecule has 0 saturated heterocycles. The lowest BCUT2D eigenvalue weighted by molar-refractivity contribution is -0.118. The van der Waals surface area contributed by atoms with Gasteiger partial charge in [0.2, 0.25) is 5.91 Å². The zero-order valence-electron chi connectivity index (χ0n) is 10.3. The van der Waals surface area contributed by atoms with Gasteiger partial charge in [0.05, 0.1) is 16.7 Å². The molecule has 0 bridgehead atoms. The molecule has 0 aliphatic carbocycles. The third-order valence-electron chi connectivity index (χ3n) is 2.16. The minimum atomic E-state index is -3.06.